The van der Waals surface area contributed by atoms with Crippen LogP contribution in [-0.4, -0.2) is 5.75 Å². The zero-order valence-electron chi connectivity index (χ0n) is 10.4. The predicted octanol–water partition coefficient (Wildman–Crippen LogP) is 4.64. The molecule has 0 aliphatic heterocycles. The molecule has 0 atom stereocenters. The van der Waals surface area contributed by atoms with Crippen LogP contribution in [0.2, 0.25) is 0 Å². The van der Waals surface area contributed by atoms with Crippen molar-refractivity contribution in [1.29, 1.82) is 5.26 Å². The van der Waals surface area contributed by atoms with Gasteiger partial charge < -0.3 is 0 Å². The Morgan fingerprint density at radius 2 is 2.12 bits per heavy atom. The lowest BCUT2D eigenvalue weighted by Gasteiger charge is -2.13. The van der Waals surface area contributed by atoms with E-state index in [4.69, 9.17) is 5.26 Å². The molecule has 0 N–H and O–H groups in total. The minimum Gasteiger partial charge on any atom is -0.207 e. The molecule has 0 bridgehead atoms. The Morgan fingerprint density at radius 3 is 2.76 bits per heavy atom. The highest BCUT2D eigenvalue weighted by Gasteiger charge is 2.15. The molecule has 0 amide bonds. The van der Waals surface area contributed by atoms with E-state index in [1.807, 2.05) is 19.9 Å². The summed E-state index contributed by atoms with van der Waals surface area (Å²) >= 11 is 1.67. The fourth-order valence-corrected chi connectivity index (χ4v) is 2.43. The van der Waals surface area contributed by atoms with Gasteiger partial charge in [-0.1, -0.05) is 12.5 Å². The number of nitrogens with zero attached hydrogens (tertiary/aromatic N) is 1. The molecule has 3 heteroatoms. The first-order valence-corrected chi connectivity index (χ1v) is 6.82. The van der Waals surface area contributed by atoms with Crippen LogP contribution >= 0.6 is 11.8 Å². The lowest BCUT2D eigenvalue weighted by Crippen LogP contribution is -2.07. The van der Waals surface area contributed by atoms with Crippen molar-refractivity contribution in [3.05, 3.63) is 30.1 Å². The molecular weight excluding hydrogens is 233 g/mol. The summed E-state index contributed by atoms with van der Waals surface area (Å²) in [5, 5.41) is 8.86. The maximum Gasteiger partial charge on any atom is 0.124 e. The number of nitriles is 1. The second kappa shape index (κ2) is 6.66. The molecule has 1 aromatic rings. The summed E-state index contributed by atoms with van der Waals surface area (Å²) in [6.45, 7) is 3.93. The van der Waals surface area contributed by atoms with Crippen molar-refractivity contribution in [2.45, 2.75) is 38.0 Å². The monoisotopic (exact) mass is 251 g/mol. The average Bonchev–Trinajstić information content (AvgIpc) is 2.29. The van der Waals surface area contributed by atoms with Gasteiger partial charge in [0.15, 0.2) is 0 Å². The van der Waals surface area contributed by atoms with Gasteiger partial charge in [-0.05, 0) is 50.6 Å². The second-order valence-corrected chi connectivity index (χ2v) is 5.93. The minimum absolute atomic E-state index is 0.180. The third-order valence-electron chi connectivity index (χ3n) is 2.56. The third-order valence-corrected chi connectivity index (χ3v) is 3.64. The van der Waals surface area contributed by atoms with E-state index in [1.54, 1.807) is 23.9 Å². The van der Waals surface area contributed by atoms with Gasteiger partial charge >= 0.3 is 0 Å². The number of hydrogen-bond acceptors (Lipinski definition) is 2. The Kier molecular flexibility index (Phi) is 5.50. The molecule has 0 spiro atoms. The van der Waals surface area contributed by atoms with E-state index in [-0.39, 0.29) is 11.2 Å². The Labute approximate surface area is 107 Å². The van der Waals surface area contributed by atoms with E-state index >= 15 is 0 Å². The van der Waals surface area contributed by atoms with Gasteiger partial charge in [-0.25, -0.2) is 4.39 Å². The summed E-state index contributed by atoms with van der Waals surface area (Å²) in [5.74, 6) is 0.797. The SMILES string of the molecule is CC(C)(C#N)CCCCSc1cccc(F)c1. The molecule has 1 rings (SSSR count). The molecule has 92 valence electrons. The normalized spacial score (nSPS) is 11.2. The van der Waals surface area contributed by atoms with E-state index in [0.717, 1.165) is 29.9 Å². The van der Waals surface area contributed by atoms with E-state index in [0.29, 0.717) is 0 Å². The third kappa shape index (κ3) is 5.74. The van der Waals surface area contributed by atoms with Crippen LogP contribution in [0.5, 0.6) is 0 Å². The first-order valence-electron chi connectivity index (χ1n) is 5.83. The fraction of sp³-hybridized carbons (Fsp3) is 0.500. The number of thioether (sulfide) groups is 1. The smallest absolute Gasteiger partial charge is 0.124 e. The summed E-state index contributed by atoms with van der Waals surface area (Å²) in [6, 6.07) is 8.97. The molecule has 0 heterocycles. The van der Waals surface area contributed by atoms with Gasteiger partial charge in [-0.2, -0.15) is 5.26 Å². The van der Waals surface area contributed by atoms with Crippen molar-refractivity contribution in [2.24, 2.45) is 5.41 Å². The zero-order chi connectivity index (χ0) is 12.7. The highest BCUT2D eigenvalue weighted by molar-refractivity contribution is 7.99. The van der Waals surface area contributed by atoms with Crippen LogP contribution in [0.4, 0.5) is 4.39 Å². The van der Waals surface area contributed by atoms with E-state index in [1.165, 1.54) is 6.07 Å². The van der Waals surface area contributed by atoms with Gasteiger partial charge in [0.25, 0.3) is 0 Å². The lowest BCUT2D eigenvalue weighted by atomic mass is 9.89. The predicted molar refractivity (Wildman–Crippen MR) is 70.4 cm³/mol. The molecule has 17 heavy (non-hydrogen) atoms. The standard InChI is InChI=1S/C14H18FNS/c1-14(2,11-16)8-3-4-9-17-13-7-5-6-12(15)10-13/h5-7,10H,3-4,8-9H2,1-2H3. The maximum absolute atomic E-state index is 12.9. The molecule has 0 unspecified atom stereocenters. The summed E-state index contributed by atoms with van der Waals surface area (Å²) in [4.78, 5) is 0.976. The van der Waals surface area contributed by atoms with E-state index in [2.05, 4.69) is 6.07 Å². The quantitative estimate of drug-likeness (QED) is 0.543. The maximum atomic E-state index is 12.9. The molecular formula is C14H18FNS. The van der Waals surface area contributed by atoms with Gasteiger partial charge in [-0.3, -0.25) is 0 Å². The van der Waals surface area contributed by atoms with Crippen molar-refractivity contribution in [1.82, 2.24) is 0 Å². The molecule has 0 saturated heterocycles. The largest absolute Gasteiger partial charge is 0.207 e. The fourth-order valence-electron chi connectivity index (χ4n) is 1.47. The van der Waals surface area contributed by atoms with Gasteiger partial charge in [0.1, 0.15) is 5.82 Å². The Bertz CT molecular complexity index is 395. The van der Waals surface area contributed by atoms with Gasteiger partial charge in [-0.15, -0.1) is 11.8 Å². The van der Waals surface area contributed by atoms with Crippen LogP contribution in [0.15, 0.2) is 29.2 Å². The molecule has 1 nitrogen and oxygen atoms in total. The summed E-state index contributed by atoms with van der Waals surface area (Å²) < 4.78 is 12.9. The number of hydrogen-bond donors (Lipinski definition) is 0. The number of benzene rings is 1. The summed E-state index contributed by atoms with van der Waals surface area (Å²) in [5.41, 5.74) is -0.219. The van der Waals surface area contributed by atoms with Crippen molar-refractivity contribution < 1.29 is 4.39 Å². The number of halogens is 1. The van der Waals surface area contributed by atoms with E-state index in [9.17, 15) is 4.39 Å². The van der Waals surface area contributed by atoms with Crippen LogP contribution in [0.25, 0.3) is 0 Å². The highest BCUT2D eigenvalue weighted by Crippen LogP contribution is 2.24. The van der Waals surface area contributed by atoms with Gasteiger partial charge in [0.2, 0.25) is 0 Å². The van der Waals surface area contributed by atoms with Crippen LogP contribution < -0.4 is 0 Å². The van der Waals surface area contributed by atoms with Crippen molar-refractivity contribution in [3.63, 3.8) is 0 Å². The molecule has 0 aliphatic rings. The molecule has 0 aromatic heterocycles. The Balaban J connectivity index is 2.19. The molecule has 1 aromatic carbocycles. The first kappa shape index (κ1) is 14.1. The highest BCUT2D eigenvalue weighted by atomic mass is 32.2. The zero-order valence-corrected chi connectivity index (χ0v) is 11.2. The van der Waals surface area contributed by atoms with Crippen LogP contribution in [0.1, 0.15) is 33.1 Å². The lowest BCUT2D eigenvalue weighted by molar-refractivity contribution is 0.433. The number of rotatable bonds is 6. The van der Waals surface area contributed by atoms with Crippen molar-refractivity contribution in [3.8, 4) is 6.07 Å². The topological polar surface area (TPSA) is 23.8 Å². The molecule has 0 radical (unpaired) electrons. The van der Waals surface area contributed by atoms with Crippen molar-refractivity contribution in [2.75, 3.05) is 5.75 Å². The second-order valence-electron chi connectivity index (χ2n) is 4.76. The Hall–Kier alpha value is -1.01. The van der Waals surface area contributed by atoms with Crippen LogP contribution in [0.3, 0.4) is 0 Å². The summed E-state index contributed by atoms with van der Waals surface area (Å²) in [6.07, 6.45) is 3.03. The van der Waals surface area contributed by atoms with Gasteiger partial charge in [0.05, 0.1) is 11.5 Å². The number of unbranched alkanes of at least 4 members (excludes halogenated alkanes) is 1. The van der Waals surface area contributed by atoms with Crippen LogP contribution in [-0.2, 0) is 0 Å². The summed E-state index contributed by atoms with van der Waals surface area (Å²) in [7, 11) is 0. The molecule has 0 saturated carbocycles. The van der Waals surface area contributed by atoms with Crippen molar-refractivity contribution >= 4 is 11.8 Å². The molecule has 0 aliphatic carbocycles. The first-order chi connectivity index (χ1) is 8.03. The average molecular weight is 251 g/mol. The van der Waals surface area contributed by atoms with Crippen LogP contribution in [0, 0.1) is 22.6 Å². The van der Waals surface area contributed by atoms with Gasteiger partial charge in [0, 0.05) is 4.90 Å². The Morgan fingerprint density at radius 1 is 1.35 bits per heavy atom. The van der Waals surface area contributed by atoms with E-state index < -0.39 is 0 Å². The molecule has 0 fully saturated rings. The minimum atomic E-state index is -0.219.